The third-order valence-electron chi connectivity index (χ3n) is 4.85. The molecular formula is C20H26N2OS. The lowest BCUT2D eigenvalue weighted by Crippen LogP contribution is -2.42. The van der Waals surface area contributed by atoms with Crippen molar-refractivity contribution in [2.45, 2.75) is 58.0 Å². The van der Waals surface area contributed by atoms with E-state index in [0.717, 1.165) is 35.5 Å². The first kappa shape index (κ1) is 17.3. The number of likely N-dealkylation sites (tertiary alicyclic amines) is 1. The van der Waals surface area contributed by atoms with Crippen LogP contribution in [0.15, 0.2) is 23.2 Å². The number of benzene rings is 1. The van der Waals surface area contributed by atoms with E-state index in [-0.39, 0.29) is 5.91 Å². The molecule has 2 aromatic rings. The molecule has 1 aromatic carbocycles. The van der Waals surface area contributed by atoms with Crippen molar-refractivity contribution in [3.63, 3.8) is 0 Å². The van der Waals surface area contributed by atoms with Crippen molar-refractivity contribution in [1.29, 1.82) is 0 Å². The Hall–Kier alpha value is -1.55. The van der Waals surface area contributed by atoms with Crippen molar-refractivity contribution >= 4 is 28.6 Å². The maximum atomic E-state index is 12.5. The number of rotatable bonds is 3. The second kappa shape index (κ2) is 7.14. The molecule has 1 atom stereocenters. The van der Waals surface area contributed by atoms with E-state index < -0.39 is 0 Å². The summed E-state index contributed by atoms with van der Waals surface area (Å²) in [5.74, 6) is 0.725. The number of carbonyl (C=O) groups excluding carboxylic acids is 1. The lowest BCUT2D eigenvalue weighted by Gasteiger charge is -2.33. The third-order valence-corrected chi connectivity index (χ3v) is 5.93. The van der Waals surface area contributed by atoms with Gasteiger partial charge in [-0.3, -0.25) is 4.79 Å². The molecule has 1 aliphatic heterocycles. The van der Waals surface area contributed by atoms with Crippen LogP contribution in [0.5, 0.6) is 0 Å². The summed E-state index contributed by atoms with van der Waals surface area (Å²) in [7, 11) is 0. The summed E-state index contributed by atoms with van der Waals surface area (Å²) in [6.07, 6.45) is 3.50. The van der Waals surface area contributed by atoms with Crippen molar-refractivity contribution in [3.05, 3.63) is 34.9 Å². The van der Waals surface area contributed by atoms with Crippen LogP contribution in [0, 0.1) is 20.8 Å². The lowest BCUT2D eigenvalue weighted by atomic mass is 10.0. The summed E-state index contributed by atoms with van der Waals surface area (Å²) in [5, 5.41) is 2.16. The largest absolute Gasteiger partial charge is 0.339 e. The lowest BCUT2D eigenvalue weighted by molar-refractivity contribution is -0.131. The fourth-order valence-corrected chi connectivity index (χ4v) is 4.44. The van der Waals surface area contributed by atoms with Gasteiger partial charge in [-0.2, -0.15) is 0 Å². The average Bonchev–Trinajstić information content (AvgIpc) is 2.53. The number of pyridine rings is 1. The third kappa shape index (κ3) is 3.59. The molecule has 24 heavy (non-hydrogen) atoms. The van der Waals surface area contributed by atoms with Crippen molar-refractivity contribution in [1.82, 2.24) is 9.88 Å². The van der Waals surface area contributed by atoms with Crippen LogP contribution in [0.1, 0.15) is 42.9 Å². The number of aryl methyl sites for hydroxylation is 3. The Morgan fingerprint density at radius 2 is 2.00 bits per heavy atom. The first-order chi connectivity index (χ1) is 11.5. The number of fused-ring (bicyclic) bond motifs is 1. The minimum atomic E-state index is 0.245. The highest BCUT2D eigenvalue weighted by molar-refractivity contribution is 7.99. The highest BCUT2D eigenvalue weighted by atomic mass is 32.2. The van der Waals surface area contributed by atoms with Gasteiger partial charge >= 0.3 is 0 Å². The monoisotopic (exact) mass is 342 g/mol. The summed E-state index contributed by atoms with van der Waals surface area (Å²) in [5.41, 5.74) is 4.66. The molecule has 1 fully saturated rings. The minimum Gasteiger partial charge on any atom is -0.339 e. The van der Waals surface area contributed by atoms with Gasteiger partial charge in [0.2, 0.25) is 5.91 Å². The minimum absolute atomic E-state index is 0.245. The summed E-state index contributed by atoms with van der Waals surface area (Å²) in [4.78, 5) is 19.4. The van der Waals surface area contributed by atoms with Crippen LogP contribution in [0.2, 0.25) is 0 Å². The van der Waals surface area contributed by atoms with Crippen LogP contribution < -0.4 is 0 Å². The van der Waals surface area contributed by atoms with Crippen LogP contribution in [-0.2, 0) is 4.79 Å². The molecule has 2 heterocycles. The van der Waals surface area contributed by atoms with Gasteiger partial charge in [0, 0.05) is 18.0 Å². The summed E-state index contributed by atoms with van der Waals surface area (Å²) in [6, 6.07) is 6.91. The van der Waals surface area contributed by atoms with Crippen LogP contribution >= 0.6 is 11.8 Å². The SMILES string of the molecule is Cc1cc(C)c2nc(SCC(=O)N3CCCC[C@H]3C)c(C)cc2c1. The molecule has 0 radical (unpaired) electrons. The Balaban J connectivity index is 1.77. The maximum absolute atomic E-state index is 12.5. The Bertz CT molecular complexity index is 772. The number of thioether (sulfide) groups is 1. The second-order valence-electron chi connectivity index (χ2n) is 6.98. The van der Waals surface area contributed by atoms with E-state index in [1.807, 2.05) is 4.90 Å². The number of hydrogen-bond donors (Lipinski definition) is 0. The topological polar surface area (TPSA) is 33.2 Å². The van der Waals surface area contributed by atoms with Crippen molar-refractivity contribution in [2.24, 2.45) is 0 Å². The van der Waals surface area contributed by atoms with Gasteiger partial charge in [-0.15, -0.1) is 0 Å². The van der Waals surface area contributed by atoms with Gasteiger partial charge in [-0.25, -0.2) is 4.98 Å². The Morgan fingerprint density at radius 1 is 1.21 bits per heavy atom. The van der Waals surface area contributed by atoms with E-state index in [9.17, 15) is 4.79 Å². The van der Waals surface area contributed by atoms with E-state index in [0.29, 0.717) is 11.8 Å². The molecule has 4 heteroatoms. The second-order valence-corrected chi connectivity index (χ2v) is 7.95. The standard InChI is InChI=1S/C20H26N2OS/c1-13-9-14(2)19-17(10-13)11-15(3)20(21-19)24-12-18(23)22-8-6-5-7-16(22)4/h9-11,16H,5-8,12H2,1-4H3/t16-/m1/s1. The number of hydrogen-bond acceptors (Lipinski definition) is 3. The number of piperidine rings is 1. The first-order valence-electron chi connectivity index (χ1n) is 8.76. The predicted molar refractivity (Wildman–Crippen MR) is 102 cm³/mol. The van der Waals surface area contributed by atoms with E-state index in [1.165, 1.54) is 22.9 Å². The smallest absolute Gasteiger partial charge is 0.233 e. The normalized spacial score (nSPS) is 18.2. The van der Waals surface area contributed by atoms with Crippen molar-refractivity contribution in [3.8, 4) is 0 Å². The van der Waals surface area contributed by atoms with Gasteiger partial charge in [0.1, 0.15) is 5.03 Å². The fourth-order valence-electron chi connectivity index (χ4n) is 3.57. The van der Waals surface area contributed by atoms with Crippen LogP contribution in [0.3, 0.4) is 0 Å². The van der Waals surface area contributed by atoms with Crippen molar-refractivity contribution < 1.29 is 4.79 Å². The molecule has 3 nitrogen and oxygen atoms in total. The van der Waals surface area contributed by atoms with Gasteiger partial charge in [0.15, 0.2) is 0 Å². The molecule has 3 rings (SSSR count). The predicted octanol–water partition coefficient (Wildman–Crippen LogP) is 4.65. The Morgan fingerprint density at radius 3 is 2.75 bits per heavy atom. The van der Waals surface area contributed by atoms with Crippen LogP contribution in [-0.4, -0.2) is 34.1 Å². The first-order valence-corrected chi connectivity index (χ1v) is 9.75. The van der Waals surface area contributed by atoms with Gasteiger partial charge < -0.3 is 4.90 Å². The molecule has 1 aromatic heterocycles. The number of nitrogens with zero attached hydrogens (tertiary/aromatic N) is 2. The van der Waals surface area contributed by atoms with Gasteiger partial charge in [-0.1, -0.05) is 23.4 Å². The zero-order valence-corrected chi connectivity index (χ0v) is 15.9. The summed E-state index contributed by atoms with van der Waals surface area (Å²) < 4.78 is 0. The highest BCUT2D eigenvalue weighted by Crippen LogP contribution is 2.28. The molecule has 0 N–H and O–H groups in total. The molecule has 1 aliphatic rings. The van der Waals surface area contributed by atoms with E-state index in [1.54, 1.807) is 11.8 Å². The molecule has 128 valence electrons. The Labute approximate surface area is 148 Å². The molecule has 1 amide bonds. The van der Waals surface area contributed by atoms with Crippen LogP contribution in [0.25, 0.3) is 10.9 Å². The number of amides is 1. The average molecular weight is 343 g/mol. The van der Waals surface area contributed by atoms with E-state index >= 15 is 0 Å². The zero-order valence-electron chi connectivity index (χ0n) is 15.1. The molecule has 0 spiro atoms. The van der Waals surface area contributed by atoms with Crippen LogP contribution in [0.4, 0.5) is 0 Å². The molecular weight excluding hydrogens is 316 g/mol. The van der Waals surface area contributed by atoms with E-state index in [4.69, 9.17) is 4.98 Å². The number of carbonyl (C=O) groups is 1. The fraction of sp³-hybridized carbons (Fsp3) is 0.500. The maximum Gasteiger partial charge on any atom is 0.233 e. The van der Waals surface area contributed by atoms with Gasteiger partial charge in [0.25, 0.3) is 0 Å². The van der Waals surface area contributed by atoms with E-state index in [2.05, 4.69) is 45.9 Å². The Kier molecular flexibility index (Phi) is 5.14. The molecule has 0 bridgehead atoms. The number of aromatic nitrogens is 1. The van der Waals surface area contributed by atoms with Crippen molar-refractivity contribution in [2.75, 3.05) is 12.3 Å². The highest BCUT2D eigenvalue weighted by Gasteiger charge is 2.23. The summed E-state index contributed by atoms with van der Waals surface area (Å²) >= 11 is 1.58. The summed E-state index contributed by atoms with van der Waals surface area (Å²) in [6.45, 7) is 9.37. The zero-order chi connectivity index (χ0) is 17.3. The van der Waals surface area contributed by atoms with Gasteiger partial charge in [0.05, 0.1) is 11.3 Å². The molecule has 0 saturated carbocycles. The molecule has 0 unspecified atom stereocenters. The molecule has 0 aliphatic carbocycles. The van der Waals surface area contributed by atoms with Gasteiger partial charge in [-0.05, 0) is 70.2 Å². The quantitative estimate of drug-likeness (QED) is 0.761. The molecule has 1 saturated heterocycles.